The third-order valence-corrected chi connectivity index (χ3v) is 8.05. The molecule has 0 saturated carbocycles. The monoisotopic (exact) mass is 494 g/mol. The van der Waals surface area contributed by atoms with Gasteiger partial charge in [-0.15, -0.1) is 0 Å². The zero-order valence-corrected chi connectivity index (χ0v) is 20.8. The van der Waals surface area contributed by atoms with Crippen molar-refractivity contribution in [3.8, 4) is 11.5 Å². The second-order valence-corrected chi connectivity index (χ2v) is 10.2. The Bertz CT molecular complexity index is 1250. The van der Waals surface area contributed by atoms with Crippen LogP contribution in [0.3, 0.4) is 0 Å². The number of benzene rings is 2. The van der Waals surface area contributed by atoms with Crippen LogP contribution < -0.4 is 15.0 Å². The molecule has 1 aliphatic rings. The number of pyridine rings is 1. The molecule has 8 nitrogen and oxygen atoms in total. The van der Waals surface area contributed by atoms with Gasteiger partial charge in [-0.3, -0.25) is 9.78 Å². The van der Waals surface area contributed by atoms with E-state index in [9.17, 15) is 13.2 Å². The lowest BCUT2D eigenvalue weighted by atomic mass is 10.1. The summed E-state index contributed by atoms with van der Waals surface area (Å²) in [6.07, 6.45) is 5.38. The molecule has 2 heterocycles. The van der Waals surface area contributed by atoms with Crippen molar-refractivity contribution in [1.82, 2.24) is 9.29 Å². The summed E-state index contributed by atoms with van der Waals surface area (Å²) < 4.78 is 33.4. The summed E-state index contributed by atoms with van der Waals surface area (Å²) >= 11 is 0. The lowest BCUT2D eigenvalue weighted by molar-refractivity contribution is 0.102. The Morgan fingerprint density at radius 1 is 0.971 bits per heavy atom. The maximum atomic E-state index is 13.4. The van der Waals surface area contributed by atoms with Crippen LogP contribution in [-0.2, 0) is 10.0 Å². The van der Waals surface area contributed by atoms with E-state index < -0.39 is 10.0 Å². The molecule has 1 aromatic heterocycles. The van der Waals surface area contributed by atoms with Crippen LogP contribution in [-0.4, -0.2) is 49.8 Å². The van der Waals surface area contributed by atoms with Gasteiger partial charge >= 0.3 is 0 Å². The third kappa shape index (κ3) is 5.63. The molecule has 9 heteroatoms. The molecule has 0 spiro atoms. The van der Waals surface area contributed by atoms with Gasteiger partial charge < -0.3 is 15.0 Å². The van der Waals surface area contributed by atoms with E-state index in [4.69, 9.17) is 4.74 Å². The fourth-order valence-corrected chi connectivity index (χ4v) is 5.64. The van der Waals surface area contributed by atoms with E-state index in [1.165, 1.54) is 10.4 Å². The van der Waals surface area contributed by atoms with Crippen molar-refractivity contribution in [3.05, 3.63) is 72.6 Å². The topological polar surface area (TPSA) is 91.8 Å². The minimum atomic E-state index is -3.69. The molecule has 2 aromatic carbocycles. The Hall–Kier alpha value is -3.43. The van der Waals surface area contributed by atoms with Gasteiger partial charge in [0.05, 0.1) is 10.5 Å². The molecule has 4 rings (SSSR count). The summed E-state index contributed by atoms with van der Waals surface area (Å²) in [4.78, 5) is 19.6. The first-order valence-corrected chi connectivity index (χ1v) is 13.2. The molecule has 184 valence electrons. The fourth-order valence-electron chi connectivity index (χ4n) is 4.15. The molecule has 3 aromatic rings. The highest BCUT2D eigenvalue weighted by Crippen LogP contribution is 2.30. The molecule has 0 aliphatic carbocycles. The number of amides is 1. The molecular weight excluding hydrogens is 464 g/mol. The van der Waals surface area contributed by atoms with Crippen molar-refractivity contribution in [2.45, 2.75) is 31.6 Å². The number of aromatic nitrogens is 1. The summed E-state index contributed by atoms with van der Waals surface area (Å²) in [6.45, 7) is 6.00. The van der Waals surface area contributed by atoms with Crippen molar-refractivity contribution >= 4 is 27.3 Å². The van der Waals surface area contributed by atoms with Gasteiger partial charge in [0.1, 0.15) is 11.5 Å². The van der Waals surface area contributed by atoms with Crippen LogP contribution in [0.5, 0.6) is 11.5 Å². The van der Waals surface area contributed by atoms with Gasteiger partial charge in [-0.1, -0.05) is 13.8 Å². The van der Waals surface area contributed by atoms with Crippen molar-refractivity contribution in [1.29, 1.82) is 0 Å². The van der Waals surface area contributed by atoms with Gasteiger partial charge in [-0.25, -0.2) is 8.42 Å². The largest absolute Gasteiger partial charge is 0.457 e. The van der Waals surface area contributed by atoms with Gasteiger partial charge in [-0.2, -0.15) is 4.31 Å². The van der Waals surface area contributed by atoms with Gasteiger partial charge in [0.2, 0.25) is 10.0 Å². The van der Waals surface area contributed by atoms with E-state index in [2.05, 4.69) is 15.2 Å². The lowest BCUT2D eigenvalue weighted by Crippen LogP contribution is -2.31. The van der Waals surface area contributed by atoms with E-state index >= 15 is 0 Å². The minimum Gasteiger partial charge on any atom is -0.457 e. The van der Waals surface area contributed by atoms with Crippen LogP contribution in [0.2, 0.25) is 0 Å². The molecule has 1 aliphatic heterocycles. The summed E-state index contributed by atoms with van der Waals surface area (Å²) in [5.74, 6) is 0.934. The second-order valence-electron chi connectivity index (χ2n) is 8.23. The zero-order chi connectivity index (χ0) is 24.8. The van der Waals surface area contributed by atoms with Crippen molar-refractivity contribution in [2.75, 3.05) is 36.4 Å². The average molecular weight is 495 g/mol. The average Bonchev–Trinajstić information content (AvgIpc) is 3.41. The molecule has 1 amide bonds. The van der Waals surface area contributed by atoms with Gasteiger partial charge in [0, 0.05) is 49.9 Å². The third-order valence-electron chi connectivity index (χ3n) is 6.00. The first-order chi connectivity index (χ1) is 16.9. The van der Waals surface area contributed by atoms with Crippen LogP contribution in [0.1, 0.15) is 37.0 Å². The van der Waals surface area contributed by atoms with E-state index in [1.807, 2.05) is 0 Å². The zero-order valence-electron chi connectivity index (χ0n) is 20.0. The number of carbonyl (C=O) groups is 1. The molecule has 35 heavy (non-hydrogen) atoms. The second kappa shape index (κ2) is 10.9. The van der Waals surface area contributed by atoms with Crippen molar-refractivity contribution in [3.63, 3.8) is 0 Å². The SMILES string of the molecule is CCN(CC)S(=O)(=O)c1ccc(N2CCCC2)c(C(=O)Nc2ccc(Oc3ccncc3)cc2)c1. The lowest BCUT2D eigenvalue weighted by Gasteiger charge is -2.23. The predicted octanol–water partition coefficient (Wildman–Crippen LogP) is 4.76. The highest BCUT2D eigenvalue weighted by atomic mass is 32.2. The predicted molar refractivity (Wildman–Crippen MR) is 137 cm³/mol. The van der Waals surface area contributed by atoms with Crippen molar-refractivity contribution in [2.24, 2.45) is 0 Å². The Labute approximate surface area is 206 Å². The molecular formula is C26H30N4O4S. The van der Waals surface area contributed by atoms with Crippen LogP contribution in [0.25, 0.3) is 0 Å². The molecule has 0 radical (unpaired) electrons. The number of hydrogen-bond donors (Lipinski definition) is 1. The van der Waals surface area contributed by atoms with Crippen LogP contribution in [0, 0.1) is 0 Å². The highest BCUT2D eigenvalue weighted by Gasteiger charge is 2.26. The number of rotatable bonds is 9. The van der Waals surface area contributed by atoms with Crippen LogP contribution >= 0.6 is 0 Å². The standard InChI is InChI=1S/C26H30N4O4S/c1-3-30(4-2)35(32,33)23-11-12-25(29-17-5-6-18-29)24(19-23)26(31)28-20-7-9-21(10-8-20)34-22-13-15-27-16-14-22/h7-16,19H,3-6,17-18H2,1-2H3,(H,28,31). The number of anilines is 2. The number of nitrogens with one attached hydrogen (secondary N) is 1. The fraction of sp³-hybridized carbons (Fsp3) is 0.308. The van der Waals surface area contributed by atoms with Crippen LogP contribution in [0.15, 0.2) is 71.9 Å². The van der Waals surface area contributed by atoms with Crippen LogP contribution in [0.4, 0.5) is 11.4 Å². The first-order valence-electron chi connectivity index (χ1n) is 11.8. The Kier molecular flexibility index (Phi) is 7.67. The quantitative estimate of drug-likeness (QED) is 0.461. The Morgan fingerprint density at radius 3 is 2.23 bits per heavy atom. The van der Waals surface area contributed by atoms with E-state index in [0.29, 0.717) is 35.8 Å². The number of hydrogen-bond acceptors (Lipinski definition) is 6. The molecule has 1 saturated heterocycles. The summed E-state index contributed by atoms with van der Waals surface area (Å²) in [6, 6.07) is 15.4. The molecule has 1 N–H and O–H groups in total. The number of sulfonamides is 1. The molecule has 0 atom stereocenters. The molecule has 1 fully saturated rings. The number of nitrogens with zero attached hydrogens (tertiary/aromatic N) is 3. The van der Waals surface area contributed by atoms with E-state index in [1.54, 1.807) is 74.8 Å². The van der Waals surface area contributed by atoms with Gasteiger partial charge in [0.15, 0.2) is 0 Å². The Morgan fingerprint density at radius 2 is 1.60 bits per heavy atom. The minimum absolute atomic E-state index is 0.121. The summed E-state index contributed by atoms with van der Waals surface area (Å²) in [7, 11) is -3.69. The van der Waals surface area contributed by atoms with Gasteiger partial charge in [0.25, 0.3) is 5.91 Å². The normalized spacial score (nSPS) is 13.7. The maximum absolute atomic E-state index is 13.4. The van der Waals surface area contributed by atoms with Gasteiger partial charge in [-0.05, 0) is 67.4 Å². The van der Waals surface area contributed by atoms with E-state index in [0.717, 1.165) is 31.6 Å². The molecule has 0 unspecified atom stereocenters. The maximum Gasteiger partial charge on any atom is 0.257 e. The summed E-state index contributed by atoms with van der Waals surface area (Å²) in [5, 5.41) is 2.91. The van der Waals surface area contributed by atoms with Crippen molar-refractivity contribution < 1.29 is 17.9 Å². The number of carbonyl (C=O) groups excluding carboxylic acids is 1. The van der Waals surface area contributed by atoms with E-state index in [-0.39, 0.29) is 10.8 Å². The summed E-state index contributed by atoms with van der Waals surface area (Å²) in [5.41, 5.74) is 1.68. The smallest absolute Gasteiger partial charge is 0.257 e. The number of ether oxygens (including phenoxy) is 1. The highest BCUT2D eigenvalue weighted by molar-refractivity contribution is 7.89. The first kappa shape index (κ1) is 24.7. The Balaban J connectivity index is 1.59. The molecule has 0 bridgehead atoms.